The molecule has 1 aliphatic rings. The lowest BCUT2D eigenvalue weighted by molar-refractivity contribution is 0.514. The van der Waals surface area contributed by atoms with E-state index >= 15 is 0 Å². The first kappa shape index (κ1) is 8.82. The molecular weight excluding hydrogens is 176 g/mol. The Morgan fingerprint density at radius 2 is 2.50 bits per heavy atom. The van der Waals surface area contributed by atoms with Gasteiger partial charge in [0, 0.05) is 0 Å². The van der Waals surface area contributed by atoms with Gasteiger partial charge in [0.15, 0.2) is 11.5 Å². The Bertz CT molecular complexity index is 397. The number of nitriles is 1. The molecule has 1 unspecified atom stereocenters. The second-order valence-corrected chi connectivity index (χ2v) is 3.42. The van der Waals surface area contributed by atoms with Crippen molar-refractivity contribution >= 4 is 5.82 Å². The second kappa shape index (κ2) is 3.54. The third-order valence-corrected chi connectivity index (χ3v) is 2.51. The van der Waals surface area contributed by atoms with Crippen LogP contribution in [0.2, 0.25) is 0 Å². The molecule has 1 aromatic heterocycles. The van der Waals surface area contributed by atoms with Crippen molar-refractivity contribution in [1.29, 1.82) is 5.26 Å². The van der Waals surface area contributed by atoms with E-state index in [0.717, 1.165) is 19.3 Å². The molecule has 1 atom stereocenters. The highest BCUT2D eigenvalue weighted by molar-refractivity contribution is 5.44. The smallest absolute Gasteiger partial charge is 0.164 e. The molecule has 0 amide bonds. The number of hydrogen-bond acceptors (Lipinski definition) is 3. The Balaban J connectivity index is 2.36. The van der Waals surface area contributed by atoms with E-state index in [0.29, 0.717) is 11.5 Å². The maximum absolute atomic E-state index is 8.90. The van der Waals surface area contributed by atoms with Crippen LogP contribution in [0.5, 0.6) is 0 Å². The topological polar surface area (TPSA) is 67.6 Å². The third kappa shape index (κ3) is 1.37. The maximum Gasteiger partial charge on any atom is 0.164 e. The van der Waals surface area contributed by atoms with E-state index in [1.54, 1.807) is 6.33 Å². The minimum Gasteiger partial charge on any atom is -0.381 e. The lowest BCUT2D eigenvalue weighted by Crippen LogP contribution is -2.10. The number of nitrogen functional groups attached to an aromatic ring is 1. The fourth-order valence-electron chi connectivity index (χ4n) is 1.77. The van der Waals surface area contributed by atoms with Gasteiger partial charge in [-0.1, -0.05) is 12.2 Å². The van der Waals surface area contributed by atoms with E-state index in [9.17, 15) is 0 Å². The molecule has 2 N–H and O–H groups in total. The molecule has 0 saturated carbocycles. The summed E-state index contributed by atoms with van der Waals surface area (Å²) >= 11 is 0. The van der Waals surface area contributed by atoms with Gasteiger partial charge in [-0.05, 0) is 19.3 Å². The molecule has 1 heterocycles. The summed E-state index contributed by atoms with van der Waals surface area (Å²) in [6, 6.07) is 2.34. The molecule has 0 aromatic carbocycles. The SMILES string of the molecule is N#Cc1c(N)ncn1C1C=CCCC1. The Kier molecular flexibility index (Phi) is 2.23. The first-order valence-electron chi connectivity index (χ1n) is 4.72. The number of aromatic nitrogens is 2. The van der Waals surface area contributed by atoms with Crippen molar-refractivity contribution in [2.45, 2.75) is 25.3 Å². The number of imidazole rings is 1. The largest absolute Gasteiger partial charge is 0.381 e. The van der Waals surface area contributed by atoms with Gasteiger partial charge in [-0.2, -0.15) is 5.26 Å². The predicted molar refractivity (Wildman–Crippen MR) is 53.4 cm³/mol. The Hall–Kier alpha value is -1.76. The average molecular weight is 188 g/mol. The Morgan fingerprint density at radius 3 is 3.14 bits per heavy atom. The van der Waals surface area contributed by atoms with E-state index in [-0.39, 0.29) is 6.04 Å². The molecule has 14 heavy (non-hydrogen) atoms. The van der Waals surface area contributed by atoms with Crippen molar-refractivity contribution in [2.75, 3.05) is 5.73 Å². The highest BCUT2D eigenvalue weighted by atomic mass is 15.1. The van der Waals surface area contributed by atoms with Gasteiger partial charge in [-0.15, -0.1) is 0 Å². The van der Waals surface area contributed by atoms with Crippen molar-refractivity contribution in [3.63, 3.8) is 0 Å². The highest BCUT2D eigenvalue weighted by Crippen LogP contribution is 2.24. The molecule has 0 aliphatic heterocycles. The summed E-state index contributed by atoms with van der Waals surface area (Å²) in [6.45, 7) is 0. The summed E-state index contributed by atoms with van der Waals surface area (Å²) in [4.78, 5) is 3.95. The van der Waals surface area contributed by atoms with Gasteiger partial charge in [0.25, 0.3) is 0 Å². The molecule has 0 spiro atoms. The Labute approximate surface area is 82.7 Å². The van der Waals surface area contributed by atoms with Crippen LogP contribution in [0.1, 0.15) is 31.0 Å². The van der Waals surface area contributed by atoms with Crippen molar-refractivity contribution < 1.29 is 0 Å². The first-order chi connectivity index (χ1) is 6.83. The molecule has 1 aliphatic carbocycles. The fourth-order valence-corrected chi connectivity index (χ4v) is 1.77. The zero-order valence-corrected chi connectivity index (χ0v) is 7.85. The molecule has 2 rings (SSSR count). The summed E-state index contributed by atoms with van der Waals surface area (Å²) < 4.78 is 1.85. The molecule has 72 valence electrons. The highest BCUT2D eigenvalue weighted by Gasteiger charge is 2.15. The number of nitrogens with two attached hydrogens (primary N) is 1. The lowest BCUT2D eigenvalue weighted by Gasteiger charge is -2.18. The number of nitrogens with zero attached hydrogens (tertiary/aromatic N) is 3. The van der Waals surface area contributed by atoms with Crippen LogP contribution in [-0.2, 0) is 0 Å². The molecule has 0 fully saturated rings. The molecule has 0 radical (unpaired) electrons. The summed E-state index contributed by atoms with van der Waals surface area (Å²) in [7, 11) is 0. The monoisotopic (exact) mass is 188 g/mol. The average Bonchev–Trinajstić information content (AvgIpc) is 2.61. The van der Waals surface area contributed by atoms with Crippen molar-refractivity contribution in [3.05, 3.63) is 24.2 Å². The van der Waals surface area contributed by atoms with Crippen LogP contribution in [-0.4, -0.2) is 9.55 Å². The quantitative estimate of drug-likeness (QED) is 0.681. The molecule has 0 bridgehead atoms. The molecule has 4 heteroatoms. The van der Waals surface area contributed by atoms with E-state index in [2.05, 4.69) is 23.2 Å². The van der Waals surface area contributed by atoms with Crippen molar-refractivity contribution in [1.82, 2.24) is 9.55 Å². The second-order valence-electron chi connectivity index (χ2n) is 3.42. The zero-order chi connectivity index (χ0) is 9.97. The van der Waals surface area contributed by atoms with Crippen LogP contribution in [0.3, 0.4) is 0 Å². The van der Waals surface area contributed by atoms with E-state index in [4.69, 9.17) is 11.0 Å². The lowest BCUT2D eigenvalue weighted by atomic mass is 10.0. The van der Waals surface area contributed by atoms with Crippen LogP contribution in [0.15, 0.2) is 18.5 Å². The van der Waals surface area contributed by atoms with E-state index in [1.165, 1.54) is 0 Å². The van der Waals surface area contributed by atoms with Gasteiger partial charge in [-0.3, -0.25) is 0 Å². The molecule has 1 aromatic rings. The zero-order valence-electron chi connectivity index (χ0n) is 7.85. The van der Waals surface area contributed by atoms with Crippen LogP contribution < -0.4 is 5.73 Å². The van der Waals surface area contributed by atoms with Crippen LogP contribution in [0.25, 0.3) is 0 Å². The van der Waals surface area contributed by atoms with Gasteiger partial charge >= 0.3 is 0 Å². The van der Waals surface area contributed by atoms with Crippen LogP contribution in [0.4, 0.5) is 5.82 Å². The summed E-state index contributed by atoms with van der Waals surface area (Å²) in [5, 5.41) is 8.90. The van der Waals surface area contributed by atoms with E-state index in [1.807, 2.05) is 4.57 Å². The number of allylic oxidation sites excluding steroid dienone is 2. The standard InChI is InChI=1S/C10H12N4/c11-6-9-10(12)13-7-14(9)8-4-2-1-3-5-8/h2,4,7-8H,1,3,5,12H2. The van der Waals surface area contributed by atoms with Gasteiger partial charge in [0.2, 0.25) is 0 Å². The molecular formula is C10H12N4. The van der Waals surface area contributed by atoms with Crippen LogP contribution in [0, 0.1) is 11.3 Å². The van der Waals surface area contributed by atoms with Crippen molar-refractivity contribution in [3.8, 4) is 6.07 Å². The minimum atomic E-state index is 0.253. The molecule has 4 nitrogen and oxygen atoms in total. The minimum absolute atomic E-state index is 0.253. The van der Waals surface area contributed by atoms with Crippen molar-refractivity contribution in [2.24, 2.45) is 0 Å². The number of anilines is 1. The number of hydrogen-bond donors (Lipinski definition) is 1. The normalized spacial score (nSPS) is 20.6. The van der Waals surface area contributed by atoms with Gasteiger partial charge < -0.3 is 10.3 Å². The van der Waals surface area contributed by atoms with Crippen LogP contribution >= 0.6 is 0 Å². The van der Waals surface area contributed by atoms with E-state index < -0.39 is 0 Å². The van der Waals surface area contributed by atoms with Gasteiger partial charge in [0.05, 0.1) is 12.4 Å². The Morgan fingerprint density at radius 1 is 1.64 bits per heavy atom. The summed E-state index contributed by atoms with van der Waals surface area (Å²) in [5.41, 5.74) is 6.05. The number of rotatable bonds is 1. The van der Waals surface area contributed by atoms with Gasteiger partial charge in [-0.25, -0.2) is 4.98 Å². The first-order valence-corrected chi connectivity index (χ1v) is 4.72. The third-order valence-electron chi connectivity index (χ3n) is 2.51. The maximum atomic E-state index is 8.90. The predicted octanol–water partition coefficient (Wildman–Crippen LogP) is 1.62. The van der Waals surface area contributed by atoms with Gasteiger partial charge in [0.1, 0.15) is 6.07 Å². The summed E-state index contributed by atoms with van der Waals surface area (Å²) in [5.74, 6) is 0.325. The fraction of sp³-hybridized carbons (Fsp3) is 0.400. The summed E-state index contributed by atoms with van der Waals surface area (Å²) in [6.07, 6.45) is 9.25. The molecule has 0 saturated heterocycles.